The first kappa shape index (κ1) is 21.6. The van der Waals surface area contributed by atoms with Gasteiger partial charge in [-0.3, -0.25) is 14.7 Å². The van der Waals surface area contributed by atoms with E-state index in [0.29, 0.717) is 11.5 Å². The highest BCUT2D eigenvalue weighted by molar-refractivity contribution is 5.90. The Kier molecular flexibility index (Phi) is 6.90. The molecule has 0 radical (unpaired) electrons. The number of anilines is 1. The zero-order valence-corrected chi connectivity index (χ0v) is 16.5. The predicted molar refractivity (Wildman–Crippen MR) is 104 cm³/mol. The number of aliphatic hydroxyl groups excluding tert-OH is 1. The summed E-state index contributed by atoms with van der Waals surface area (Å²) in [6, 6.07) is 7.93. The van der Waals surface area contributed by atoms with Crippen molar-refractivity contribution >= 4 is 17.6 Å². The van der Waals surface area contributed by atoms with Gasteiger partial charge in [-0.2, -0.15) is 5.10 Å². The van der Waals surface area contributed by atoms with Gasteiger partial charge in [0.1, 0.15) is 17.7 Å². The Bertz CT molecular complexity index is 815. The van der Waals surface area contributed by atoms with E-state index in [1.54, 1.807) is 32.0 Å². The minimum absolute atomic E-state index is 0.0618. The molecule has 0 aliphatic carbocycles. The third kappa shape index (κ3) is 5.39. The highest BCUT2D eigenvalue weighted by Gasteiger charge is 2.26. The van der Waals surface area contributed by atoms with Crippen LogP contribution in [0.1, 0.15) is 45.4 Å². The van der Waals surface area contributed by atoms with Crippen molar-refractivity contribution in [1.29, 1.82) is 0 Å². The predicted octanol–water partition coefficient (Wildman–Crippen LogP) is 2.34. The summed E-state index contributed by atoms with van der Waals surface area (Å²) >= 11 is 0. The van der Waals surface area contributed by atoms with Crippen LogP contribution in [0.2, 0.25) is 0 Å². The second-order valence-corrected chi connectivity index (χ2v) is 7.58. The summed E-state index contributed by atoms with van der Waals surface area (Å²) in [6.07, 6.45) is -1.03. The number of aromatic nitrogens is 2. The van der Waals surface area contributed by atoms with Gasteiger partial charge in [-0.15, -0.1) is 0 Å². The van der Waals surface area contributed by atoms with E-state index in [0.717, 1.165) is 5.56 Å². The Hall–Kier alpha value is -2.74. The first-order chi connectivity index (χ1) is 13.1. The summed E-state index contributed by atoms with van der Waals surface area (Å²) in [5.74, 6) is -0.852. The molecule has 1 aromatic heterocycles. The van der Waals surface area contributed by atoms with Gasteiger partial charge in [-0.25, -0.2) is 4.39 Å². The molecule has 0 fully saturated rings. The van der Waals surface area contributed by atoms with Crippen LogP contribution in [0.15, 0.2) is 30.3 Å². The number of aromatic amines is 1. The lowest BCUT2D eigenvalue weighted by Gasteiger charge is -2.22. The fourth-order valence-electron chi connectivity index (χ4n) is 2.64. The lowest BCUT2D eigenvalue weighted by molar-refractivity contribution is -0.131. The number of hydrogen-bond donors (Lipinski definition) is 4. The van der Waals surface area contributed by atoms with Crippen molar-refractivity contribution in [3.8, 4) is 0 Å². The Balaban J connectivity index is 1.90. The van der Waals surface area contributed by atoms with Crippen molar-refractivity contribution in [2.45, 2.75) is 45.6 Å². The first-order valence-corrected chi connectivity index (χ1v) is 9.19. The molecule has 0 aliphatic heterocycles. The number of benzene rings is 1. The van der Waals surface area contributed by atoms with Gasteiger partial charge >= 0.3 is 0 Å². The molecule has 0 saturated heterocycles. The van der Waals surface area contributed by atoms with Gasteiger partial charge in [0, 0.05) is 24.4 Å². The van der Waals surface area contributed by atoms with Crippen LogP contribution in [0, 0.1) is 11.7 Å². The molecule has 0 bridgehead atoms. The average molecular weight is 390 g/mol. The molecule has 8 heteroatoms. The highest BCUT2D eigenvalue weighted by atomic mass is 19.1. The summed E-state index contributed by atoms with van der Waals surface area (Å²) in [5, 5.41) is 21.9. The Morgan fingerprint density at radius 2 is 1.89 bits per heavy atom. The van der Waals surface area contributed by atoms with Crippen molar-refractivity contribution in [3.63, 3.8) is 0 Å². The summed E-state index contributed by atoms with van der Waals surface area (Å²) in [5.41, 5.74) is 1.11. The first-order valence-electron chi connectivity index (χ1n) is 9.19. The Morgan fingerprint density at radius 3 is 2.50 bits per heavy atom. The van der Waals surface area contributed by atoms with Crippen molar-refractivity contribution in [3.05, 3.63) is 47.4 Å². The minimum Gasteiger partial charge on any atom is -0.383 e. The molecular formula is C20H27FN4O3. The van der Waals surface area contributed by atoms with Crippen molar-refractivity contribution in [2.75, 3.05) is 11.9 Å². The topological polar surface area (TPSA) is 107 Å². The van der Waals surface area contributed by atoms with Crippen molar-refractivity contribution in [2.24, 2.45) is 5.92 Å². The van der Waals surface area contributed by atoms with E-state index in [2.05, 4.69) is 20.8 Å². The molecular weight excluding hydrogens is 363 g/mol. The molecule has 2 rings (SSSR count). The molecule has 28 heavy (non-hydrogen) atoms. The zero-order valence-electron chi connectivity index (χ0n) is 16.5. The van der Waals surface area contributed by atoms with Gasteiger partial charge in [0.15, 0.2) is 0 Å². The number of nitrogens with one attached hydrogen (secondary N) is 3. The number of amides is 2. The number of rotatable bonds is 8. The van der Waals surface area contributed by atoms with Gasteiger partial charge in [0.2, 0.25) is 11.8 Å². The lowest BCUT2D eigenvalue weighted by atomic mass is 9.81. The van der Waals surface area contributed by atoms with Crippen molar-refractivity contribution < 1.29 is 19.1 Å². The van der Waals surface area contributed by atoms with E-state index in [9.17, 15) is 19.1 Å². The van der Waals surface area contributed by atoms with E-state index < -0.39 is 17.4 Å². The van der Waals surface area contributed by atoms with E-state index in [1.165, 1.54) is 12.1 Å². The molecule has 1 aromatic carbocycles. The quantitative estimate of drug-likeness (QED) is 0.555. The normalized spacial score (nSPS) is 12.7. The van der Waals surface area contributed by atoms with Crippen LogP contribution in [-0.2, 0) is 15.0 Å². The van der Waals surface area contributed by atoms with Crippen LogP contribution in [0.5, 0.6) is 0 Å². The van der Waals surface area contributed by atoms with Crippen LogP contribution in [0.3, 0.4) is 0 Å². The van der Waals surface area contributed by atoms with Crippen molar-refractivity contribution in [1.82, 2.24) is 15.5 Å². The third-order valence-electron chi connectivity index (χ3n) is 4.61. The number of hydrogen-bond acceptors (Lipinski definition) is 4. The van der Waals surface area contributed by atoms with Gasteiger partial charge in [0.05, 0.1) is 5.69 Å². The number of carbonyl (C=O) groups is 2. The second-order valence-electron chi connectivity index (χ2n) is 7.58. The summed E-state index contributed by atoms with van der Waals surface area (Å²) in [6.45, 7) is 7.51. The third-order valence-corrected chi connectivity index (χ3v) is 4.61. The number of nitrogens with zero attached hydrogens (tertiary/aromatic N) is 1. The maximum absolute atomic E-state index is 13.2. The largest absolute Gasteiger partial charge is 0.383 e. The highest BCUT2D eigenvalue weighted by Crippen LogP contribution is 2.31. The van der Waals surface area contributed by atoms with Crippen LogP contribution in [0.4, 0.5) is 10.2 Å². The zero-order chi connectivity index (χ0) is 20.9. The van der Waals surface area contributed by atoms with Gasteiger partial charge in [0.25, 0.3) is 0 Å². The number of aliphatic hydroxyl groups is 1. The summed E-state index contributed by atoms with van der Waals surface area (Å²) < 4.78 is 13.2. The van der Waals surface area contributed by atoms with Gasteiger partial charge in [-0.1, -0.05) is 39.8 Å². The number of halogens is 1. The molecule has 7 nitrogen and oxygen atoms in total. The van der Waals surface area contributed by atoms with Crippen LogP contribution in [-0.4, -0.2) is 39.8 Å². The molecule has 1 unspecified atom stereocenters. The summed E-state index contributed by atoms with van der Waals surface area (Å²) in [7, 11) is 0. The van der Waals surface area contributed by atoms with Crippen LogP contribution >= 0.6 is 0 Å². The van der Waals surface area contributed by atoms with E-state index in [-0.39, 0.29) is 30.6 Å². The maximum atomic E-state index is 13.2. The number of carbonyl (C=O) groups excluding carboxylic acids is 2. The SMILES string of the molecule is CC(C)C(O)C(=O)NCCC(=O)Nc1cc(C(C)(C)c2ccc(F)cc2)n[nH]1. The molecule has 4 N–H and O–H groups in total. The Labute approximate surface area is 163 Å². The number of H-pyrrole nitrogens is 1. The smallest absolute Gasteiger partial charge is 0.249 e. The molecule has 0 spiro atoms. The van der Waals surface area contributed by atoms with Crippen LogP contribution < -0.4 is 10.6 Å². The molecule has 1 atom stereocenters. The summed E-state index contributed by atoms with van der Waals surface area (Å²) in [4.78, 5) is 23.7. The molecule has 2 amide bonds. The molecule has 1 heterocycles. The molecule has 152 valence electrons. The lowest BCUT2D eigenvalue weighted by Crippen LogP contribution is -2.38. The van der Waals surface area contributed by atoms with Crippen LogP contribution in [0.25, 0.3) is 0 Å². The van der Waals surface area contributed by atoms with Gasteiger partial charge in [-0.05, 0) is 23.6 Å². The van der Waals surface area contributed by atoms with E-state index in [4.69, 9.17) is 0 Å². The standard InChI is InChI=1S/C20H27FN4O3/c1-12(2)18(27)19(28)22-10-9-17(26)23-16-11-15(24-25-16)20(3,4)13-5-7-14(21)8-6-13/h5-8,11-12,18,27H,9-10H2,1-4H3,(H,22,28)(H2,23,24,25,26). The fraction of sp³-hybridized carbons (Fsp3) is 0.450. The Morgan fingerprint density at radius 1 is 1.25 bits per heavy atom. The molecule has 0 saturated carbocycles. The second kappa shape index (κ2) is 8.97. The van der Waals surface area contributed by atoms with Gasteiger partial charge < -0.3 is 15.7 Å². The molecule has 0 aliphatic rings. The monoisotopic (exact) mass is 390 g/mol. The fourth-order valence-corrected chi connectivity index (χ4v) is 2.64. The maximum Gasteiger partial charge on any atom is 0.249 e. The van der Waals surface area contributed by atoms with E-state index in [1.807, 2.05) is 13.8 Å². The minimum atomic E-state index is -1.09. The average Bonchev–Trinajstić information content (AvgIpc) is 3.10. The van der Waals surface area contributed by atoms with E-state index >= 15 is 0 Å². The molecule has 2 aromatic rings.